The predicted molar refractivity (Wildman–Crippen MR) is 62.9 cm³/mol. The Hall–Kier alpha value is -1.63. The lowest BCUT2D eigenvalue weighted by Gasteiger charge is -2.05. The van der Waals surface area contributed by atoms with E-state index in [1.54, 1.807) is 7.05 Å². The fraction of sp³-hybridized carbons (Fsp3) is 0.154. The first-order valence-corrected chi connectivity index (χ1v) is 4.64. The van der Waals surface area contributed by atoms with Crippen LogP contribution in [0.4, 0.5) is 0 Å². The molecule has 0 N–H and O–H groups in total. The normalized spacial score (nSPS) is 12.7. The molecule has 72 valence electrons. The van der Waals surface area contributed by atoms with Crippen molar-refractivity contribution in [3.63, 3.8) is 0 Å². The van der Waals surface area contributed by atoms with Gasteiger partial charge in [-0.15, -0.1) is 0 Å². The van der Waals surface area contributed by atoms with Crippen LogP contribution in [0.5, 0.6) is 0 Å². The number of aliphatic imine (C=N–C) groups is 1. The number of benzene rings is 1. The van der Waals surface area contributed by atoms with Crippen molar-refractivity contribution in [2.75, 3.05) is 7.05 Å². The van der Waals surface area contributed by atoms with Gasteiger partial charge in [0.05, 0.1) is 5.71 Å². The van der Waals surface area contributed by atoms with Gasteiger partial charge in [-0.2, -0.15) is 0 Å². The monoisotopic (exact) mass is 185 g/mol. The van der Waals surface area contributed by atoms with E-state index in [0.717, 1.165) is 16.8 Å². The summed E-state index contributed by atoms with van der Waals surface area (Å²) >= 11 is 0. The summed E-state index contributed by atoms with van der Waals surface area (Å²) < 4.78 is 0. The van der Waals surface area contributed by atoms with E-state index in [-0.39, 0.29) is 0 Å². The van der Waals surface area contributed by atoms with Gasteiger partial charge in [-0.25, -0.2) is 0 Å². The number of allylic oxidation sites excluding steroid dienone is 3. The zero-order valence-electron chi connectivity index (χ0n) is 8.70. The highest BCUT2D eigenvalue weighted by atomic mass is 14.7. The van der Waals surface area contributed by atoms with Gasteiger partial charge >= 0.3 is 0 Å². The van der Waals surface area contributed by atoms with Crippen LogP contribution in [0.1, 0.15) is 12.5 Å². The molecular formula is C13H15N. The van der Waals surface area contributed by atoms with Crippen molar-refractivity contribution in [1.29, 1.82) is 0 Å². The minimum Gasteiger partial charge on any atom is -0.287 e. The van der Waals surface area contributed by atoms with Gasteiger partial charge in [0.25, 0.3) is 0 Å². The van der Waals surface area contributed by atoms with Crippen molar-refractivity contribution >= 4 is 5.71 Å². The molecule has 14 heavy (non-hydrogen) atoms. The van der Waals surface area contributed by atoms with Crippen LogP contribution in [0.15, 0.2) is 59.6 Å². The van der Waals surface area contributed by atoms with Gasteiger partial charge in [-0.1, -0.05) is 49.1 Å². The first-order chi connectivity index (χ1) is 6.83. The molecule has 1 rings (SSSR count). The maximum atomic E-state index is 4.28. The number of hydrogen-bond acceptors (Lipinski definition) is 1. The molecule has 0 atom stereocenters. The largest absolute Gasteiger partial charge is 0.287 e. The molecule has 0 aliphatic rings. The quantitative estimate of drug-likeness (QED) is 0.506. The minimum absolute atomic E-state index is 0.989. The molecule has 0 aromatic heterocycles. The third-order valence-corrected chi connectivity index (χ3v) is 2.08. The van der Waals surface area contributed by atoms with Gasteiger partial charge in [0.1, 0.15) is 0 Å². The van der Waals surface area contributed by atoms with Crippen molar-refractivity contribution in [3.8, 4) is 0 Å². The highest BCUT2D eigenvalue weighted by Crippen LogP contribution is 2.10. The van der Waals surface area contributed by atoms with Crippen molar-refractivity contribution in [3.05, 3.63) is 60.2 Å². The molecule has 0 bridgehead atoms. The molecule has 1 nitrogen and oxygen atoms in total. The minimum atomic E-state index is 0.989. The smallest absolute Gasteiger partial charge is 0.0711 e. The Bertz CT molecular complexity index is 358. The van der Waals surface area contributed by atoms with Gasteiger partial charge in [-0.3, -0.25) is 4.99 Å². The Balaban J connectivity index is 3.13. The third kappa shape index (κ3) is 2.19. The van der Waals surface area contributed by atoms with Crippen LogP contribution in [0.25, 0.3) is 0 Å². The number of nitrogens with zero attached hydrogens (tertiary/aromatic N) is 1. The molecule has 0 aliphatic carbocycles. The topological polar surface area (TPSA) is 12.4 Å². The standard InChI is InChI=1S/C13H15N/c1-4-11(5-2)13(14-3)12-9-7-6-8-10-12/h4-10H,1H2,2-3H3/b11-5-,14-13?. The Labute approximate surface area is 85.5 Å². The molecule has 0 radical (unpaired) electrons. The second kappa shape index (κ2) is 5.18. The van der Waals surface area contributed by atoms with Gasteiger partial charge in [0.15, 0.2) is 0 Å². The third-order valence-electron chi connectivity index (χ3n) is 2.08. The molecule has 0 saturated carbocycles. The van der Waals surface area contributed by atoms with Gasteiger partial charge in [0.2, 0.25) is 0 Å². The van der Waals surface area contributed by atoms with Crippen molar-refractivity contribution < 1.29 is 0 Å². The van der Waals surface area contributed by atoms with Crippen LogP contribution in [0, 0.1) is 0 Å². The van der Waals surface area contributed by atoms with Crippen LogP contribution in [-0.4, -0.2) is 12.8 Å². The lowest BCUT2D eigenvalue weighted by atomic mass is 10.0. The van der Waals surface area contributed by atoms with Crippen molar-refractivity contribution in [2.24, 2.45) is 4.99 Å². The Morgan fingerprint density at radius 3 is 2.36 bits per heavy atom. The lowest BCUT2D eigenvalue weighted by molar-refractivity contribution is 1.41. The Morgan fingerprint density at radius 2 is 1.93 bits per heavy atom. The van der Waals surface area contributed by atoms with Crippen LogP contribution < -0.4 is 0 Å². The Kier molecular flexibility index (Phi) is 3.86. The summed E-state index contributed by atoms with van der Waals surface area (Å²) in [7, 11) is 1.80. The molecule has 1 heteroatoms. The van der Waals surface area contributed by atoms with E-state index in [1.807, 2.05) is 37.3 Å². The van der Waals surface area contributed by atoms with E-state index in [4.69, 9.17) is 0 Å². The number of hydrogen-bond donors (Lipinski definition) is 0. The van der Waals surface area contributed by atoms with Crippen LogP contribution >= 0.6 is 0 Å². The van der Waals surface area contributed by atoms with E-state index < -0.39 is 0 Å². The summed E-state index contributed by atoms with van der Waals surface area (Å²) in [5, 5.41) is 0. The molecular weight excluding hydrogens is 170 g/mol. The van der Waals surface area contributed by atoms with E-state index in [0.29, 0.717) is 0 Å². The van der Waals surface area contributed by atoms with E-state index in [9.17, 15) is 0 Å². The highest BCUT2D eigenvalue weighted by Gasteiger charge is 2.03. The molecule has 1 aromatic rings. The molecule has 0 spiro atoms. The summed E-state index contributed by atoms with van der Waals surface area (Å²) in [5.41, 5.74) is 3.19. The van der Waals surface area contributed by atoms with Crippen molar-refractivity contribution in [1.82, 2.24) is 0 Å². The first kappa shape index (κ1) is 10.5. The SMILES string of the molecule is C=C/C(=C/C)C(=NC)c1ccccc1. The molecule has 0 saturated heterocycles. The summed E-state index contributed by atoms with van der Waals surface area (Å²) in [6, 6.07) is 10.1. The zero-order valence-corrected chi connectivity index (χ0v) is 8.70. The van der Waals surface area contributed by atoms with Crippen LogP contribution in [0.3, 0.4) is 0 Å². The molecule has 0 fully saturated rings. The average molecular weight is 185 g/mol. The fourth-order valence-electron chi connectivity index (χ4n) is 1.37. The second-order valence-electron chi connectivity index (χ2n) is 2.89. The summed E-state index contributed by atoms with van der Waals surface area (Å²) in [4.78, 5) is 4.28. The maximum Gasteiger partial charge on any atom is 0.0711 e. The average Bonchev–Trinajstić information content (AvgIpc) is 2.27. The molecule has 0 heterocycles. The summed E-state index contributed by atoms with van der Waals surface area (Å²) in [6.07, 6.45) is 3.84. The molecule has 0 amide bonds. The Morgan fingerprint density at radius 1 is 1.29 bits per heavy atom. The second-order valence-corrected chi connectivity index (χ2v) is 2.89. The predicted octanol–water partition coefficient (Wildman–Crippen LogP) is 3.24. The van der Waals surface area contributed by atoms with Crippen LogP contribution in [-0.2, 0) is 0 Å². The van der Waals surface area contributed by atoms with Gasteiger partial charge in [0, 0.05) is 12.6 Å². The maximum absolute atomic E-state index is 4.28. The lowest BCUT2D eigenvalue weighted by Crippen LogP contribution is -2.02. The van der Waals surface area contributed by atoms with Gasteiger partial charge in [-0.05, 0) is 12.5 Å². The molecule has 0 unspecified atom stereocenters. The van der Waals surface area contributed by atoms with E-state index in [1.165, 1.54) is 0 Å². The van der Waals surface area contributed by atoms with E-state index in [2.05, 4.69) is 23.7 Å². The van der Waals surface area contributed by atoms with Gasteiger partial charge < -0.3 is 0 Å². The van der Waals surface area contributed by atoms with Crippen molar-refractivity contribution in [2.45, 2.75) is 6.92 Å². The zero-order chi connectivity index (χ0) is 10.4. The summed E-state index contributed by atoms with van der Waals surface area (Å²) in [6.45, 7) is 5.77. The molecule has 0 aliphatic heterocycles. The highest BCUT2D eigenvalue weighted by molar-refractivity contribution is 6.14. The molecule has 1 aromatic carbocycles. The fourth-order valence-corrected chi connectivity index (χ4v) is 1.37. The van der Waals surface area contributed by atoms with E-state index >= 15 is 0 Å². The summed E-state index contributed by atoms with van der Waals surface area (Å²) in [5.74, 6) is 0. The first-order valence-electron chi connectivity index (χ1n) is 4.64. The van der Waals surface area contributed by atoms with Crippen LogP contribution in [0.2, 0.25) is 0 Å². The number of rotatable bonds is 3.